The van der Waals surface area contributed by atoms with E-state index in [1.54, 1.807) is 0 Å². The van der Waals surface area contributed by atoms with Crippen LogP contribution < -0.4 is 4.43 Å². The van der Waals surface area contributed by atoms with E-state index in [4.69, 9.17) is 4.43 Å². The van der Waals surface area contributed by atoms with E-state index >= 15 is 22.0 Å². The van der Waals surface area contributed by atoms with Crippen LogP contribution in [0.3, 0.4) is 0 Å². The molecule has 48 heavy (non-hydrogen) atoms. The number of unbranched alkanes of at least 4 members (excludes halogenated alkanes) is 6. The molecule has 0 N–H and O–H groups in total. The van der Waals surface area contributed by atoms with Gasteiger partial charge in [0.2, 0.25) is 14.1 Å². The van der Waals surface area contributed by atoms with Crippen LogP contribution in [0.15, 0.2) is 0 Å². The van der Waals surface area contributed by atoms with E-state index in [-0.39, 0.29) is 5.41 Å². The van der Waals surface area contributed by atoms with Gasteiger partial charge in [-0.3, -0.25) is 0 Å². The predicted octanol–water partition coefficient (Wildman–Crippen LogP) is 13.7. The molecule has 0 heterocycles. The second-order valence-corrected chi connectivity index (χ2v) is 24.5. The topological polar surface area (TPSA) is 9.23 Å². The predicted molar refractivity (Wildman–Crippen MR) is 179 cm³/mol. The van der Waals surface area contributed by atoms with E-state index < -0.39 is 91.0 Å². The van der Waals surface area contributed by atoms with E-state index in [0.29, 0.717) is 24.2 Å². The first-order valence-electron chi connectivity index (χ1n) is 17.6. The Hall–Kier alpha value is -1.96. The summed E-state index contributed by atoms with van der Waals surface area (Å²) in [6.07, 6.45) is 8.15. The normalized spacial score (nSPS) is 15.4. The van der Waals surface area contributed by atoms with Crippen molar-refractivity contribution >= 4 is 16.4 Å². The molecule has 0 aliphatic heterocycles. The van der Waals surface area contributed by atoms with Crippen LogP contribution in [0.25, 0.3) is 11.1 Å². The van der Waals surface area contributed by atoms with Crippen molar-refractivity contribution in [2.24, 2.45) is 5.41 Å². The van der Waals surface area contributed by atoms with E-state index in [1.165, 1.54) is 0 Å². The smallest absolute Gasteiger partial charge is 0.305 e. The third-order valence-corrected chi connectivity index (χ3v) is 24.3. The summed E-state index contributed by atoms with van der Waals surface area (Å²) in [5.41, 5.74) is -7.15. The number of benzene rings is 2. The van der Waals surface area contributed by atoms with Crippen LogP contribution >= 0.6 is 0 Å². The number of rotatable bonds is 19. The summed E-state index contributed by atoms with van der Waals surface area (Å²) in [4.78, 5) is 0. The van der Waals surface area contributed by atoms with Crippen molar-refractivity contribution in [3.63, 3.8) is 0 Å². The van der Waals surface area contributed by atoms with Crippen LogP contribution in [0.5, 0.6) is 5.75 Å². The third-order valence-electron chi connectivity index (χ3n) is 10.7. The van der Waals surface area contributed by atoms with Gasteiger partial charge in [-0.1, -0.05) is 118 Å². The largest absolute Gasteiger partial charge is 0.540 e. The molecule has 1 aliphatic rings. The maximum atomic E-state index is 16.5. The minimum atomic E-state index is -4.85. The van der Waals surface area contributed by atoms with Crippen molar-refractivity contribution in [1.29, 1.82) is 0 Å². The number of halogens is 9. The Labute approximate surface area is 282 Å². The fraction of sp³-hybridized carbons (Fsp3) is 0.667. The molecule has 1 unspecified atom stereocenters. The van der Waals surface area contributed by atoms with Crippen molar-refractivity contribution in [3.8, 4) is 16.9 Å². The molecule has 0 spiro atoms. The highest BCUT2D eigenvalue weighted by molar-refractivity contribution is 6.95. The number of hydrogen-bond acceptors (Lipinski definition) is 1. The summed E-state index contributed by atoms with van der Waals surface area (Å²) in [5.74, 6) is -22.2. The van der Waals surface area contributed by atoms with Gasteiger partial charge in [-0.05, 0) is 29.6 Å². The molecule has 1 aliphatic carbocycles. The van der Waals surface area contributed by atoms with Crippen LogP contribution in [0.4, 0.5) is 39.5 Å². The van der Waals surface area contributed by atoms with Gasteiger partial charge in [0.25, 0.3) is 0 Å². The molecule has 1 nitrogen and oxygen atoms in total. The highest BCUT2D eigenvalue weighted by atomic mass is 28.4. The van der Waals surface area contributed by atoms with Gasteiger partial charge >= 0.3 is 5.92 Å². The van der Waals surface area contributed by atoms with Crippen molar-refractivity contribution < 1.29 is 43.9 Å². The molecular formula is C36H51F9OSi2. The number of fused-ring (bicyclic) bond motifs is 3. The molecule has 0 bridgehead atoms. The fourth-order valence-corrected chi connectivity index (χ4v) is 23.0. The van der Waals surface area contributed by atoms with Gasteiger partial charge in [0.15, 0.2) is 40.7 Å². The molecule has 0 fully saturated rings. The molecule has 0 saturated heterocycles. The number of alkyl halides is 2. The van der Waals surface area contributed by atoms with E-state index in [0.717, 1.165) is 69.5 Å². The molecule has 0 amide bonds. The van der Waals surface area contributed by atoms with Crippen LogP contribution in [0, 0.1) is 46.1 Å². The van der Waals surface area contributed by atoms with Crippen LogP contribution in [0.2, 0.25) is 35.9 Å². The monoisotopic (exact) mass is 726 g/mol. The summed E-state index contributed by atoms with van der Waals surface area (Å²) in [6.45, 7) is 14.5. The lowest BCUT2D eigenvalue weighted by Gasteiger charge is -2.44. The summed E-state index contributed by atoms with van der Waals surface area (Å²) in [5, 5.41) is 0. The quantitative estimate of drug-likeness (QED) is 0.0460. The number of hydrogen-bond donors (Lipinski definition) is 0. The van der Waals surface area contributed by atoms with Gasteiger partial charge in [-0.15, -0.1) is 0 Å². The Kier molecular flexibility index (Phi) is 13.4. The zero-order chi connectivity index (χ0) is 36.2. The van der Waals surface area contributed by atoms with Crippen LogP contribution in [-0.2, 0) is 5.92 Å². The van der Waals surface area contributed by atoms with Crippen molar-refractivity contribution in [1.82, 2.24) is 0 Å². The lowest BCUT2D eigenvalue weighted by atomic mass is 9.89. The highest BCUT2D eigenvalue weighted by Gasteiger charge is 2.56. The van der Waals surface area contributed by atoms with Crippen molar-refractivity contribution in [3.05, 3.63) is 51.8 Å². The maximum Gasteiger partial charge on any atom is 0.305 e. The molecule has 2 aromatic rings. The van der Waals surface area contributed by atoms with Gasteiger partial charge in [-0.25, -0.2) is 26.3 Å². The Balaban J connectivity index is 2.31. The van der Waals surface area contributed by atoms with Gasteiger partial charge in [0, 0.05) is 11.1 Å². The van der Waals surface area contributed by atoms with Crippen LogP contribution in [0.1, 0.15) is 117 Å². The molecule has 0 saturated carbocycles. The van der Waals surface area contributed by atoms with Crippen LogP contribution in [-0.4, -0.2) is 16.4 Å². The molecule has 12 heteroatoms. The third kappa shape index (κ3) is 7.84. The first kappa shape index (κ1) is 40.5. The summed E-state index contributed by atoms with van der Waals surface area (Å²) >= 11 is 0. The SMILES string of the molecule is CCCCCCC(C)(C)C[Si](CCCCCC)(C[Si](CC)(CC)CC)Oc1c(F)c(F)c2c(c1F)C(F)(F)c1c(F)c(F)c(F)c(F)c1-2. The zero-order valence-corrected chi connectivity index (χ0v) is 31.4. The molecule has 0 radical (unpaired) electrons. The van der Waals surface area contributed by atoms with Gasteiger partial charge in [0.1, 0.15) is 0 Å². The van der Waals surface area contributed by atoms with Gasteiger partial charge < -0.3 is 4.43 Å². The van der Waals surface area contributed by atoms with Crippen molar-refractivity contribution in [2.75, 3.05) is 0 Å². The van der Waals surface area contributed by atoms with Gasteiger partial charge in [0.05, 0.1) is 19.2 Å². The molecular weight excluding hydrogens is 676 g/mol. The van der Waals surface area contributed by atoms with Gasteiger partial charge in [-0.2, -0.15) is 13.2 Å². The first-order valence-corrected chi connectivity index (χ1v) is 22.9. The Morgan fingerprint density at radius 2 is 1.06 bits per heavy atom. The first-order chi connectivity index (χ1) is 22.4. The molecule has 1 atom stereocenters. The van der Waals surface area contributed by atoms with E-state index in [2.05, 4.69) is 41.5 Å². The van der Waals surface area contributed by atoms with E-state index in [1.807, 2.05) is 6.92 Å². The molecule has 272 valence electrons. The Morgan fingerprint density at radius 1 is 0.583 bits per heavy atom. The maximum absolute atomic E-state index is 16.5. The average molecular weight is 727 g/mol. The highest BCUT2D eigenvalue weighted by Crippen LogP contribution is 2.58. The fourth-order valence-electron chi connectivity index (χ4n) is 7.80. The minimum Gasteiger partial charge on any atom is -0.540 e. The molecule has 3 rings (SSSR count). The standard InChI is InChI=1S/C36H51F9OSi2/c1-8-13-15-17-19-35(6,7)21-48(20-18-16-14-9-2,22-47(10-3,11-4)12-5)46-34-30(40)26-24(28(38)33(34)43)23-25(36(26,44)45)29(39)32(42)31(41)27(23)37/h8-22H2,1-7H3. The summed E-state index contributed by atoms with van der Waals surface area (Å²) in [6, 6.07) is 3.48. The van der Waals surface area contributed by atoms with Crippen molar-refractivity contribution in [2.45, 2.75) is 148 Å². The second kappa shape index (κ2) is 15.9. The molecule has 2 aromatic carbocycles. The lowest BCUT2D eigenvalue weighted by molar-refractivity contribution is 0.0386. The minimum absolute atomic E-state index is 0.357. The summed E-state index contributed by atoms with van der Waals surface area (Å²) in [7, 11) is -5.50. The lowest BCUT2D eigenvalue weighted by Crippen LogP contribution is -2.53. The average Bonchev–Trinajstić information content (AvgIpc) is 3.30. The second-order valence-electron chi connectivity index (χ2n) is 14.6. The summed E-state index contributed by atoms with van der Waals surface area (Å²) < 4.78 is 145. The Bertz CT molecular complexity index is 1430. The van der Waals surface area contributed by atoms with E-state index in [9.17, 15) is 17.6 Å². The Morgan fingerprint density at radius 3 is 1.58 bits per heavy atom. The molecule has 0 aromatic heterocycles. The zero-order valence-electron chi connectivity index (χ0n) is 29.4.